The summed E-state index contributed by atoms with van der Waals surface area (Å²) in [5.41, 5.74) is 9.57. The Hall–Kier alpha value is -2.13. The van der Waals surface area contributed by atoms with Crippen LogP contribution in [0.15, 0.2) is 54.6 Å². The minimum absolute atomic E-state index is 0.0134. The molecule has 0 aliphatic heterocycles. The largest absolute Gasteiger partial charge is 0.326 e. The van der Waals surface area contributed by atoms with Crippen LogP contribution in [0.25, 0.3) is 0 Å². The van der Waals surface area contributed by atoms with Gasteiger partial charge >= 0.3 is 0 Å². The number of anilines is 1. The molecule has 120 valence electrons. The van der Waals surface area contributed by atoms with Crippen molar-refractivity contribution < 1.29 is 4.79 Å². The summed E-state index contributed by atoms with van der Waals surface area (Å²) < 4.78 is 0. The molecule has 1 fully saturated rings. The number of carbonyl (C=O) groups is 1. The van der Waals surface area contributed by atoms with Crippen LogP contribution >= 0.6 is 0 Å². The summed E-state index contributed by atoms with van der Waals surface area (Å²) in [6.45, 7) is 2.14. The highest BCUT2D eigenvalue weighted by Crippen LogP contribution is 2.51. The topological polar surface area (TPSA) is 55.1 Å². The van der Waals surface area contributed by atoms with E-state index < -0.39 is 0 Å². The highest BCUT2D eigenvalue weighted by molar-refractivity contribution is 5.90. The zero-order valence-electron chi connectivity index (χ0n) is 13.6. The lowest BCUT2D eigenvalue weighted by molar-refractivity contribution is -0.116. The molecule has 2 aromatic carbocycles. The molecule has 3 rings (SSSR count). The minimum atomic E-state index is -0.0134. The Bertz CT molecular complexity index is 666. The second-order valence-electron chi connectivity index (χ2n) is 6.50. The molecule has 2 aromatic rings. The van der Waals surface area contributed by atoms with Crippen LogP contribution < -0.4 is 11.1 Å². The predicted molar refractivity (Wildman–Crippen MR) is 94.4 cm³/mol. The predicted octanol–water partition coefficient (Wildman–Crippen LogP) is 3.85. The highest BCUT2D eigenvalue weighted by atomic mass is 16.1. The molecule has 0 saturated heterocycles. The van der Waals surface area contributed by atoms with Gasteiger partial charge in [0.05, 0.1) is 0 Å². The zero-order chi connectivity index (χ0) is 16.3. The van der Waals surface area contributed by atoms with Crippen LogP contribution in [-0.4, -0.2) is 11.4 Å². The monoisotopic (exact) mass is 308 g/mol. The smallest absolute Gasteiger partial charge is 0.224 e. The van der Waals surface area contributed by atoms with Gasteiger partial charge in [-0.05, 0) is 42.5 Å². The molecular formula is C20H24N2O. The summed E-state index contributed by atoms with van der Waals surface area (Å²) in [6, 6.07) is 18.2. The first-order valence-electron chi connectivity index (χ1n) is 8.33. The quantitative estimate of drug-likeness (QED) is 0.851. The molecule has 0 unspecified atom stereocenters. The van der Waals surface area contributed by atoms with Gasteiger partial charge in [0.25, 0.3) is 0 Å². The second kappa shape index (κ2) is 6.55. The Kier molecular flexibility index (Phi) is 4.49. The third-order valence-electron chi connectivity index (χ3n) is 4.86. The standard InChI is InChI=1S/C20H24N2O/c1-2-20(21)14-18(20)16-9-11-17(12-10-16)22-19(23)13-8-15-6-4-3-5-7-15/h3-7,9-12,18H,2,8,13-14,21H2,1H3,(H,22,23)/t18-,20-/m0/s1. The van der Waals surface area contributed by atoms with E-state index in [1.165, 1.54) is 11.1 Å². The molecule has 2 atom stereocenters. The summed E-state index contributed by atoms with van der Waals surface area (Å²) in [7, 11) is 0. The molecule has 0 spiro atoms. The van der Waals surface area contributed by atoms with Gasteiger partial charge in [0.15, 0.2) is 0 Å². The van der Waals surface area contributed by atoms with Crippen LogP contribution in [0.3, 0.4) is 0 Å². The lowest BCUT2D eigenvalue weighted by Gasteiger charge is -2.09. The second-order valence-corrected chi connectivity index (χ2v) is 6.50. The maximum absolute atomic E-state index is 12.0. The summed E-state index contributed by atoms with van der Waals surface area (Å²) in [6.07, 6.45) is 3.33. The Morgan fingerprint density at radius 1 is 1.17 bits per heavy atom. The van der Waals surface area contributed by atoms with E-state index >= 15 is 0 Å². The fourth-order valence-electron chi connectivity index (χ4n) is 3.09. The van der Waals surface area contributed by atoms with E-state index in [1.54, 1.807) is 0 Å². The first-order chi connectivity index (χ1) is 11.1. The van der Waals surface area contributed by atoms with Crippen molar-refractivity contribution in [3.8, 4) is 0 Å². The molecule has 0 heterocycles. The van der Waals surface area contributed by atoms with Gasteiger partial charge < -0.3 is 11.1 Å². The van der Waals surface area contributed by atoms with Gasteiger partial charge in [-0.1, -0.05) is 49.4 Å². The van der Waals surface area contributed by atoms with Crippen molar-refractivity contribution in [2.75, 3.05) is 5.32 Å². The molecule has 0 radical (unpaired) electrons. The summed E-state index contributed by atoms with van der Waals surface area (Å²) in [5, 5.41) is 2.96. The van der Waals surface area contributed by atoms with Crippen molar-refractivity contribution in [2.45, 2.75) is 44.1 Å². The number of nitrogens with one attached hydrogen (secondary N) is 1. The average molecular weight is 308 g/mol. The maximum Gasteiger partial charge on any atom is 0.224 e. The normalized spacial score (nSPS) is 22.6. The van der Waals surface area contributed by atoms with Crippen molar-refractivity contribution in [1.82, 2.24) is 0 Å². The zero-order valence-corrected chi connectivity index (χ0v) is 13.6. The Morgan fingerprint density at radius 2 is 1.87 bits per heavy atom. The van der Waals surface area contributed by atoms with E-state index in [2.05, 4.69) is 24.4 Å². The summed E-state index contributed by atoms with van der Waals surface area (Å²) in [4.78, 5) is 12.0. The van der Waals surface area contributed by atoms with Gasteiger partial charge in [-0.2, -0.15) is 0 Å². The van der Waals surface area contributed by atoms with Gasteiger partial charge in [0.1, 0.15) is 0 Å². The fraction of sp³-hybridized carbons (Fsp3) is 0.350. The van der Waals surface area contributed by atoms with Gasteiger partial charge in [-0.25, -0.2) is 0 Å². The van der Waals surface area contributed by atoms with Crippen molar-refractivity contribution in [3.05, 3.63) is 65.7 Å². The Balaban J connectivity index is 1.51. The molecule has 0 aromatic heterocycles. The van der Waals surface area contributed by atoms with Crippen LogP contribution in [0, 0.1) is 0 Å². The molecule has 3 nitrogen and oxygen atoms in total. The summed E-state index contributed by atoms with van der Waals surface area (Å²) in [5.74, 6) is 0.519. The van der Waals surface area contributed by atoms with Crippen LogP contribution in [0.2, 0.25) is 0 Å². The Morgan fingerprint density at radius 3 is 2.48 bits per heavy atom. The van der Waals surface area contributed by atoms with E-state index in [0.717, 1.165) is 24.9 Å². The van der Waals surface area contributed by atoms with E-state index in [9.17, 15) is 4.79 Å². The van der Waals surface area contributed by atoms with Crippen molar-refractivity contribution >= 4 is 11.6 Å². The molecule has 3 N–H and O–H groups in total. The first-order valence-corrected chi connectivity index (χ1v) is 8.33. The van der Waals surface area contributed by atoms with Crippen LogP contribution in [0.1, 0.15) is 43.2 Å². The molecule has 3 heteroatoms. The third-order valence-corrected chi connectivity index (χ3v) is 4.86. The Labute approximate surface area is 137 Å². The third kappa shape index (κ3) is 3.80. The number of rotatable bonds is 6. The van der Waals surface area contributed by atoms with Crippen molar-refractivity contribution in [2.24, 2.45) is 5.73 Å². The van der Waals surface area contributed by atoms with Crippen LogP contribution in [-0.2, 0) is 11.2 Å². The lowest BCUT2D eigenvalue weighted by atomic mass is 10.0. The number of amides is 1. The minimum Gasteiger partial charge on any atom is -0.326 e. The van der Waals surface area contributed by atoms with E-state index in [0.29, 0.717) is 12.3 Å². The number of hydrogen-bond donors (Lipinski definition) is 2. The fourth-order valence-corrected chi connectivity index (χ4v) is 3.09. The molecular weight excluding hydrogens is 284 g/mol. The molecule has 1 aliphatic carbocycles. The summed E-state index contributed by atoms with van der Waals surface area (Å²) >= 11 is 0. The number of hydrogen-bond acceptors (Lipinski definition) is 2. The average Bonchev–Trinajstić information content (AvgIpc) is 3.27. The van der Waals surface area contributed by atoms with E-state index in [4.69, 9.17) is 5.73 Å². The van der Waals surface area contributed by atoms with E-state index in [-0.39, 0.29) is 11.4 Å². The first kappa shape index (κ1) is 15.8. The van der Waals surface area contributed by atoms with E-state index in [1.807, 2.05) is 42.5 Å². The van der Waals surface area contributed by atoms with Gasteiger partial charge in [0.2, 0.25) is 5.91 Å². The molecule has 23 heavy (non-hydrogen) atoms. The van der Waals surface area contributed by atoms with Crippen molar-refractivity contribution in [1.29, 1.82) is 0 Å². The number of nitrogens with two attached hydrogens (primary N) is 1. The molecule has 1 aliphatic rings. The highest BCUT2D eigenvalue weighted by Gasteiger charge is 2.49. The number of aryl methyl sites for hydroxylation is 1. The van der Waals surface area contributed by atoms with Gasteiger partial charge in [-0.15, -0.1) is 0 Å². The molecule has 1 saturated carbocycles. The lowest BCUT2D eigenvalue weighted by Crippen LogP contribution is -2.22. The number of carbonyl (C=O) groups excluding carboxylic acids is 1. The number of benzene rings is 2. The maximum atomic E-state index is 12.0. The molecule has 1 amide bonds. The van der Waals surface area contributed by atoms with Crippen LogP contribution in [0.4, 0.5) is 5.69 Å². The molecule has 0 bridgehead atoms. The van der Waals surface area contributed by atoms with Crippen molar-refractivity contribution in [3.63, 3.8) is 0 Å². The van der Waals surface area contributed by atoms with Gasteiger partial charge in [-0.3, -0.25) is 4.79 Å². The SMILES string of the molecule is CC[C@]1(N)C[C@H]1c1ccc(NC(=O)CCc2ccccc2)cc1. The van der Waals surface area contributed by atoms with Gasteiger partial charge in [0, 0.05) is 23.6 Å². The van der Waals surface area contributed by atoms with Crippen LogP contribution in [0.5, 0.6) is 0 Å².